The van der Waals surface area contributed by atoms with E-state index in [4.69, 9.17) is 0 Å². The summed E-state index contributed by atoms with van der Waals surface area (Å²) in [4.78, 5) is 5.13. The third-order valence-corrected chi connectivity index (χ3v) is 4.88. The van der Waals surface area contributed by atoms with Crippen molar-refractivity contribution in [3.63, 3.8) is 0 Å². The molecule has 0 bridgehead atoms. The van der Waals surface area contributed by atoms with Crippen molar-refractivity contribution >= 4 is 0 Å². The largest absolute Gasteiger partial charge is 0.312 e. The van der Waals surface area contributed by atoms with Gasteiger partial charge in [0.05, 0.1) is 0 Å². The average molecular weight is 273 g/mol. The van der Waals surface area contributed by atoms with Crippen LogP contribution in [0.5, 0.6) is 0 Å². The Morgan fingerprint density at radius 3 is 2.60 bits per heavy atom. The van der Waals surface area contributed by atoms with Crippen molar-refractivity contribution in [3.8, 4) is 0 Å². The van der Waals surface area contributed by atoms with E-state index in [1.165, 1.54) is 57.5 Å². The van der Waals surface area contributed by atoms with Gasteiger partial charge in [-0.2, -0.15) is 0 Å². The van der Waals surface area contributed by atoms with Gasteiger partial charge in [-0.1, -0.05) is 30.3 Å². The van der Waals surface area contributed by atoms with Crippen molar-refractivity contribution in [2.45, 2.75) is 31.3 Å². The molecule has 2 heterocycles. The molecule has 1 aromatic carbocycles. The number of aryl methyl sites for hydroxylation is 1. The Labute approximate surface area is 123 Å². The topological polar surface area (TPSA) is 18.5 Å². The van der Waals surface area contributed by atoms with E-state index in [2.05, 4.69) is 52.5 Å². The minimum Gasteiger partial charge on any atom is -0.312 e. The lowest BCUT2D eigenvalue weighted by Gasteiger charge is -2.36. The minimum absolute atomic E-state index is 0.708. The van der Waals surface area contributed by atoms with Crippen LogP contribution in [-0.4, -0.2) is 61.7 Å². The predicted octanol–water partition coefficient (Wildman–Crippen LogP) is 1.60. The van der Waals surface area contributed by atoms with E-state index < -0.39 is 0 Å². The van der Waals surface area contributed by atoms with E-state index in [1.54, 1.807) is 0 Å². The van der Waals surface area contributed by atoms with Crippen molar-refractivity contribution in [1.29, 1.82) is 0 Å². The summed E-state index contributed by atoms with van der Waals surface area (Å²) in [7, 11) is 2.23. The van der Waals surface area contributed by atoms with Crippen molar-refractivity contribution < 1.29 is 0 Å². The van der Waals surface area contributed by atoms with Gasteiger partial charge in [-0.3, -0.25) is 4.90 Å². The zero-order valence-corrected chi connectivity index (χ0v) is 12.6. The molecule has 2 fully saturated rings. The zero-order chi connectivity index (χ0) is 13.8. The fourth-order valence-electron chi connectivity index (χ4n) is 3.47. The standard InChI is InChI=1S/C17H27N3/c1-19-9-11-20(12-10-19)17-13-16(18-14-17)8-7-15-5-3-2-4-6-15/h2-6,16-18H,7-14H2,1H3. The molecule has 0 amide bonds. The highest BCUT2D eigenvalue weighted by atomic mass is 15.3. The van der Waals surface area contributed by atoms with E-state index in [9.17, 15) is 0 Å². The minimum atomic E-state index is 0.708. The number of nitrogens with zero attached hydrogens (tertiary/aromatic N) is 2. The first kappa shape index (κ1) is 14.1. The van der Waals surface area contributed by atoms with Gasteiger partial charge in [-0.15, -0.1) is 0 Å². The maximum absolute atomic E-state index is 3.73. The fourth-order valence-corrected chi connectivity index (χ4v) is 3.47. The summed E-state index contributed by atoms with van der Waals surface area (Å²) in [5, 5.41) is 3.73. The molecule has 20 heavy (non-hydrogen) atoms. The lowest BCUT2D eigenvalue weighted by molar-refractivity contribution is 0.118. The molecule has 0 aliphatic carbocycles. The van der Waals surface area contributed by atoms with Crippen molar-refractivity contribution in [2.75, 3.05) is 39.8 Å². The predicted molar refractivity (Wildman–Crippen MR) is 84.0 cm³/mol. The number of rotatable bonds is 4. The Hall–Kier alpha value is -0.900. The highest BCUT2D eigenvalue weighted by Crippen LogP contribution is 2.19. The molecule has 1 N–H and O–H groups in total. The van der Waals surface area contributed by atoms with Gasteiger partial charge < -0.3 is 10.2 Å². The van der Waals surface area contributed by atoms with E-state index in [-0.39, 0.29) is 0 Å². The molecule has 110 valence electrons. The van der Waals surface area contributed by atoms with Crippen LogP contribution >= 0.6 is 0 Å². The van der Waals surface area contributed by atoms with Crippen LogP contribution in [0, 0.1) is 0 Å². The first-order valence-corrected chi connectivity index (χ1v) is 8.01. The number of likely N-dealkylation sites (N-methyl/N-ethyl adjacent to an activating group) is 1. The van der Waals surface area contributed by atoms with E-state index in [0.29, 0.717) is 6.04 Å². The summed E-state index contributed by atoms with van der Waals surface area (Å²) in [5.74, 6) is 0. The van der Waals surface area contributed by atoms with Crippen LogP contribution in [0.25, 0.3) is 0 Å². The molecule has 3 heteroatoms. The molecule has 1 aromatic rings. The van der Waals surface area contributed by atoms with Crippen molar-refractivity contribution in [1.82, 2.24) is 15.1 Å². The first-order chi connectivity index (χ1) is 9.81. The van der Waals surface area contributed by atoms with Crippen molar-refractivity contribution in [3.05, 3.63) is 35.9 Å². The van der Waals surface area contributed by atoms with Crippen LogP contribution in [0.4, 0.5) is 0 Å². The summed E-state index contributed by atoms with van der Waals surface area (Å²) < 4.78 is 0. The number of benzene rings is 1. The summed E-state index contributed by atoms with van der Waals surface area (Å²) in [5.41, 5.74) is 1.47. The van der Waals surface area contributed by atoms with E-state index >= 15 is 0 Å². The molecule has 3 nitrogen and oxygen atoms in total. The lowest BCUT2D eigenvalue weighted by Crippen LogP contribution is -2.49. The molecule has 2 atom stereocenters. The zero-order valence-electron chi connectivity index (χ0n) is 12.6. The van der Waals surface area contributed by atoms with Crippen LogP contribution in [-0.2, 0) is 6.42 Å². The van der Waals surface area contributed by atoms with Crippen LogP contribution in [0.3, 0.4) is 0 Å². The Morgan fingerprint density at radius 2 is 1.85 bits per heavy atom. The molecule has 2 aliphatic rings. The molecular weight excluding hydrogens is 246 g/mol. The molecule has 0 radical (unpaired) electrons. The van der Waals surface area contributed by atoms with Gasteiger partial charge in [-0.25, -0.2) is 0 Å². The van der Waals surface area contributed by atoms with E-state index in [1.807, 2.05) is 0 Å². The van der Waals surface area contributed by atoms with Crippen LogP contribution in [0.15, 0.2) is 30.3 Å². The summed E-state index contributed by atoms with van der Waals surface area (Å²) >= 11 is 0. The second kappa shape index (κ2) is 6.70. The third kappa shape index (κ3) is 3.60. The Bertz CT molecular complexity index is 398. The van der Waals surface area contributed by atoms with Gasteiger partial charge in [0.25, 0.3) is 0 Å². The molecular formula is C17H27N3. The molecule has 3 rings (SSSR count). The molecule has 2 unspecified atom stereocenters. The lowest BCUT2D eigenvalue weighted by atomic mass is 10.0. The number of piperazine rings is 1. The second-order valence-corrected chi connectivity index (χ2v) is 6.36. The monoisotopic (exact) mass is 273 g/mol. The smallest absolute Gasteiger partial charge is 0.0236 e. The highest BCUT2D eigenvalue weighted by molar-refractivity contribution is 5.15. The van der Waals surface area contributed by atoms with E-state index in [0.717, 1.165) is 6.04 Å². The maximum atomic E-state index is 3.73. The molecule has 0 spiro atoms. The quantitative estimate of drug-likeness (QED) is 0.899. The Balaban J connectivity index is 1.43. The highest BCUT2D eigenvalue weighted by Gasteiger charge is 2.29. The third-order valence-electron chi connectivity index (χ3n) is 4.88. The maximum Gasteiger partial charge on any atom is 0.0236 e. The normalized spacial score (nSPS) is 28.9. The molecule has 0 saturated carbocycles. The van der Waals surface area contributed by atoms with Gasteiger partial charge >= 0.3 is 0 Å². The molecule has 0 aromatic heterocycles. The van der Waals surface area contributed by atoms with Crippen LogP contribution in [0.1, 0.15) is 18.4 Å². The second-order valence-electron chi connectivity index (χ2n) is 6.36. The molecule has 2 aliphatic heterocycles. The van der Waals surface area contributed by atoms with Crippen molar-refractivity contribution in [2.24, 2.45) is 0 Å². The average Bonchev–Trinajstić information content (AvgIpc) is 2.96. The van der Waals surface area contributed by atoms with Gasteiger partial charge in [0.1, 0.15) is 0 Å². The van der Waals surface area contributed by atoms with Crippen LogP contribution < -0.4 is 5.32 Å². The molecule has 2 saturated heterocycles. The van der Waals surface area contributed by atoms with Crippen LogP contribution in [0.2, 0.25) is 0 Å². The summed E-state index contributed by atoms with van der Waals surface area (Å²) in [6, 6.07) is 12.3. The SMILES string of the molecule is CN1CCN(C2CNC(CCc3ccccc3)C2)CC1. The Kier molecular flexibility index (Phi) is 4.71. The Morgan fingerprint density at radius 1 is 1.10 bits per heavy atom. The number of nitrogens with one attached hydrogen (secondary N) is 1. The van der Waals surface area contributed by atoms with Gasteiger partial charge in [-0.05, 0) is 31.9 Å². The summed E-state index contributed by atoms with van der Waals surface area (Å²) in [6.45, 7) is 6.13. The number of hydrogen-bond acceptors (Lipinski definition) is 3. The summed E-state index contributed by atoms with van der Waals surface area (Å²) in [6.07, 6.45) is 3.80. The van der Waals surface area contributed by atoms with Gasteiger partial charge in [0.15, 0.2) is 0 Å². The first-order valence-electron chi connectivity index (χ1n) is 8.01. The fraction of sp³-hybridized carbons (Fsp3) is 0.647. The number of hydrogen-bond donors (Lipinski definition) is 1. The van der Waals surface area contributed by atoms with Gasteiger partial charge in [0.2, 0.25) is 0 Å². The van der Waals surface area contributed by atoms with Gasteiger partial charge in [0, 0.05) is 44.8 Å².